The lowest BCUT2D eigenvalue weighted by Crippen LogP contribution is -2.53. The van der Waals surface area contributed by atoms with Crippen LogP contribution in [0.15, 0.2) is 12.2 Å². The first-order valence-electron chi connectivity index (χ1n) is 4.06. The van der Waals surface area contributed by atoms with Gasteiger partial charge < -0.3 is 15.7 Å². The summed E-state index contributed by atoms with van der Waals surface area (Å²) < 4.78 is 0. The van der Waals surface area contributed by atoms with E-state index in [1.165, 1.54) is 11.0 Å². The number of hydrogen-bond acceptors (Lipinski definition) is 3. The molecule has 1 unspecified atom stereocenters. The van der Waals surface area contributed by atoms with Crippen LogP contribution in [0.25, 0.3) is 0 Å². The van der Waals surface area contributed by atoms with Crippen molar-refractivity contribution < 1.29 is 14.7 Å². The Balaban J connectivity index is 2.28. The standard InChI is InChI=1S/C8H12N2O3/c9-6(2-1-3-8(12)13)10-5-4-7(10)11/h1,3,6H,2,4-5,9H2,(H,12,13). The van der Waals surface area contributed by atoms with Gasteiger partial charge in [-0.15, -0.1) is 0 Å². The summed E-state index contributed by atoms with van der Waals surface area (Å²) in [5.41, 5.74) is 5.62. The van der Waals surface area contributed by atoms with E-state index in [1.54, 1.807) is 0 Å². The molecule has 3 N–H and O–H groups in total. The number of hydrogen-bond donors (Lipinski definition) is 2. The van der Waals surface area contributed by atoms with Crippen molar-refractivity contribution in [1.29, 1.82) is 0 Å². The Morgan fingerprint density at radius 1 is 1.77 bits per heavy atom. The number of carboxylic acids is 1. The third-order valence-electron chi connectivity index (χ3n) is 1.93. The lowest BCUT2D eigenvalue weighted by molar-refractivity contribution is -0.142. The highest BCUT2D eigenvalue weighted by Gasteiger charge is 2.27. The van der Waals surface area contributed by atoms with Gasteiger partial charge >= 0.3 is 5.97 Å². The van der Waals surface area contributed by atoms with E-state index < -0.39 is 5.97 Å². The van der Waals surface area contributed by atoms with Gasteiger partial charge in [-0.25, -0.2) is 4.79 Å². The molecule has 1 aliphatic heterocycles. The molecule has 0 bridgehead atoms. The van der Waals surface area contributed by atoms with E-state index in [-0.39, 0.29) is 12.1 Å². The lowest BCUT2D eigenvalue weighted by atomic mass is 10.1. The minimum absolute atomic E-state index is 0.0382. The number of nitrogens with zero attached hydrogens (tertiary/aromatic N) is 1. The third-order valence-corrected chi connectivity index (χ3v) is 1.93. The van der Waals surface area contributed by atoms with Gasteiger partial charge in [-0.05, 0) is 6.42 Å². The highest BCUT2D eigenvalue weighted by molar-refractivity contribution is 5.82. The zero-order chi connectivity index (χ0) is 9.84. The predicted molar refractivity (Wildman–Crippen MR) is 45.7 cm³/mol. The van der Waals surface area contributed by atoms with Crippen molar-refractivity contribution in [3.8, 4) is 0 Å². The summed E-state index contributed by atoms with van der Waals surface area (Å²) in [6.07, 6.45) is 3.05. The normalized spacial score (nSPS) is 18.8. The average Bonchev–Trinajstić information content (AvgIpc) is 2.01. The summed E-state index contributed by atoms with van der Waals surface area (Å²) >= 11 is 0. The van der Waals surface area contributed by atoms with E-state index >= 15 is 0 Å². The summed E-state index contributed by atoms with van der Waals surface area (Å²) in [6.45, 7) is 0.681. The molecule has 5 nitrogen and oxygen atoms in total. The minimum atomic E-state index is -0.998. The van der Waals surface area contributed by atoms with Crippen molar-refractivity contribution in [2.45, 2.75) is 19.0 Å². The molecule has 0 aromatic rings. The number of likely N-dealkylation sites (tertiary alicyclic amines) is 1. The second-order valence-electron chi connectivity index (χ2n) is 2.88. The molecule has 1 atom stereocenters. The van der Waals surface area contributed by atoms with Crippen LogP contribution in [0.4, 0.5) is 0 Å². The summed E-state index contributed by atoms with van der Waals surface area (Å²) in [5, 5.41) is 8.28. The lowest BCUT2D eigenvalue weighted by Gasteiger charge is -2.35. The van der Waals surface area contributed by atoms with Crippen molar-refractivity contribution in [1.82, 2.24) is 4.90 Å². The van der Waals surface area contributed by atoms with E-state index in [2.05, 4.69) is 0 Å². The molecule has 0 aromatic carbocycles. The predicted octanol–water partition coefficient (Wildman–Crippen LogP) is -0.466. The number of carbonyl (C=O) groups is 2. The monoisotopic (exact) mass is 184 g/mol. The van der Waals surface area contributed by atoms with Crippen LogP contribution in [-0.2, 0) is 9.59 Å². The van der Waals surface area contributed by atoms with E-state index in [1.807, 2.05) is 0 Å². The molecule has 5 heteroatoms. The Hall–Kier alpha value is -1.36. The molecule has 1 amide bonds. The van der Waals surface area contributed by atoms with Gasteiger partial charge in [0.05, 0.1) is 6.17 Å². The molecule has 0 saturated carbocycles. The van der Waals surface area contributed by atoms with Gasteiger partial charge in [-0.3, -0.25) is 4.79 Å². The molecule has 0 spiro atoms. The number of amides is 1. The van der Waals surface area contributed by atoms with Gasteiger partial charge in [0.25, 0.3) is 0 Å². The smallest absolute Gasteiger partial charge is 0.327 e. The fraction of sp³-hybridized carbons (Fsp3) is 0.500. The van der Waals surface area contributed by atoms with Gasteiger partial charge in [-0.2, -0.15) is 0 Å². The fourth-order valence-electron chi connectivity index (χ4n) is 1.12. The number of aliphatic carboxylic acids is 1. The molecule has 1 aliphatic rings. The number of rotatable bonds is 4. The second kappa shape index (κ2) is 4.04. The maximum absolute atomic E-state index is 10.9. The Bertz CT molecular complexity index is 250. The molecule has 72 valence electrons. The van der Waals surface area contributed by atoms with Crippen LogP contribution in [0.2, 0.25) is 0 Å². The van der Waals surface area contributed by atoms with E-state index in [4.69, 9.17) is 10.8 Å². The maximum Gasteiger partial charge on any atom is 0.327 e. The topological polar surface area (TPSA) is 83.6 Å². The number of carboxylic acid groups (broad SMARTS) is 1. The second-order valence-corrected chi connectivity index (χ2v) is 2.88. The summed E-state index contributed by atoms with van der Waals surface area (Å²) in [4.78, 5) is 22.5. The van der Waals surface area contributed by atoms with Crippen LogP contribution in [0.1, 0.15) is 12.8 Å². The zero-order valence-electron chi connectivity index (χ0n) is 7.14. The van der Waals surface area contributed by atoms with E-state index in [0.717, 1.165) is 6.08 Å². The van der Waals surface area contributed by atoms with E-state index in [0.29, 0.717) is 19.4 Å². The molecule has 1 rings (SSSR count). The molecular formula is C8H12N2O3. The summed E-state index contributed by atoms with van der Waals surface area (Å²) in [5.74, 6) is -0.960. The van der Waals surface area contributed by atoms with Gasteiger partial charge in [-0.1, -0.05) is 6.08 Å². The quantitative estimate of drug-likeness (QED) is 0.457. The Morgan fingerprint density at radius 2 is 2.46 bits per heavy atom. The molecule has 13 heavy (non-hydrogen) atoms. The zero-order valence-corrected chi connectivity index (χ0v) is 7.14. The van der Waals surface area contributed by atoms with Gasteiger partial charge in [0, 0.05) is 19.0 Å². The van der Waals surface area contributed by atoms with Crippen LogP contribution in [0, 0.1) is 0 Å². The third kappa shape index (κ3) is 2.55. The van der Waals surface area contributed by atoms with Crippen molar-refractivity contribution in [3.05, 3.63) is 12.2 Å². The van der Waals surface area contributed by atoms with Crippen LogP contribution in [-0.4, -0.2) is 34.6 Å². The van der Waals surface area contributed by atoms with Crippen molar-refractivity contribution in [3.63, 3.8) is 0 Å². The van der Waals surface area contributed by atoms with Crippen molar-refractivity contribution in [2.24, 2.45) is 5.73 Å². The first-order valence-corrected chi connectivity index (χ1v) is 4.06. The van der Waals surface area contributed by atoms with Crippen molar-refractivity contribution in [2.75, 3.05) is 6.54 Å². The molecule has 0 radical (unpaired) electrons. The summed E-state index contributed by atoms with van der Waals surface area (Å²) in [7, 11) is 0. The van der Waals surface area contributed by atoms with Gasteiger partial charge in [0.1, 0.15) is 0 Å². The number of β-lactam (4-membered cyclic amide) rings is 1. The van der Waals surface area contributed by atoms with E-state index in [9.17, 15) is 9.59 Å². The Kier molecular flexibility index (Phi) is 3.02. The van der Waals surface area contributed by atoms with Crippen LogP contribution < -0.4 is 5.73 Å². The highest BCUT2D eigenvalue weighted by Crippen LogP contribution is 2.12. The molecule has 1 saturated heterocycles. The van der Waals surface area contributed by atoms with Gasteiger partial charge in [0.2, 0.25) is 5.91 Å². The fourth-order valence-corrected chi connectivity index (χ4v) is 1.12. The SMILES string of the molecule is NC(CC=CC(=O)O)N1CCC1=O. The van der Waals surface area contributed by atoms with Crippen LogP contribution in [0.3, 0.4) is 0 Å². The molecular weight excluding hydrogens is 172 g/mol. The molecule has 0 aromatic heterocycles. The largest absolute Gasteiger partial charge is 0.478 e. The highest BCUT2D eigenvalue weighted by atomic mass is 16.4. The minimum Gasteiger partial charge on any atom is -0.478 e. The molecule has 1 fully saturated rings. The van der Waals surface area contributed by atoms with Crippen LogP contribution >= 0.6 is 0 Å². The Morgan fingerprint density at radius 3 is 2.85 bits per heavy atom. The van der Waals surface area contributed by atoms with Crippen LogP contribution in [0.5, 0.6) is 0 Å². The Labute approximate surface area is 75.8 Å². The van der Waals surface area contributed by atoms with Gasteiger partial charge in [0.15, 0.2) is 0 Å². The first-order chi connectivity index (χ1) is 6.11. The molecule has 0 aliphatic carbocycles. The van der Waals surface area contributed by atoms with Crippen molar-refractivity contribution >= 4 is 11.9 Å². The average molecular weight is 184 g/mol. The number of carbonyl (C=O) groups excluding carboxylic acids is 1. The first kappa shape index (κ1) is 9.73. The number of nitrogens with two attached hydrogens (primary N) is 1. The maximum atomic E-state index is 10.9. The summed E-state index contributed by atoms with van der Waals surface area (Å²) in [6, 6.07) is 0. The molecule has 1 heterocycles.